The van der Waals surface area contributed by atoms with Gasteiger partial charge in [0.25, 0.3) is 0 Å². The summed E-state index contributed by atoms with van der Waals surface area (Å²) in [6, 6.07) is 0. The minimum atomic E-state index is -0.300. The molecule has 90 valence electrons. The van der Waals surface area contributed by atoms with E-state index in [-0.39, 0.29) is 11.5 Å². The van der Waals surface area contributed by atoms with Gasteiger partial charge >= 0.3 is 0 Å². The van der Waals surface area contributed by atoms with Crippen molar-refractivity contribution in [3.05, 3.63) is 16.4 Å². The van der Waals surface area contributed by atoms with Crippen molar-refractivity contribution in [1.29, 1.82) is 0 Å². The van der Waals surface area contributed by atoms with Gasteiger partial charge in [0, 0.05) is 13.0 Å². The van der Waals surface area contributed by atoms with E-state index in [2.05, 4.69) is 12.0 Å². The van der Waals surface area contributed by atoms with E-state index in [1.54, 1.807) is 0 Å². The van der Waals surface area contributed by atoms with Gasteiger partial charge in [-0.25, -0.2) is 0 Å². The number of aromatic nitrogens is 2. The molecule has 0 radical (unpaired) electrons. The Morgan fingerprint density at radius 2 is 2.19 bits per heavy atom. The second-order valence-electron chi connectivity index (χ2n) is 5.04. The zero-order chi connectivity index (χ0) is 11.9. The van der Waals surface area contributed by atoms with Crippen molar-refractivity contribution in [3.8, 4) is 0 Å². The predicted molar refractivity (Wildman–Crippen MR) is 64.7 cm³/mol. The Bertz CT molecular complexity index is 396. The van der Waals surface area contributed by atoms with Crippen LogP contribution in [-0.2, 0) is 13.0 Å². The molecule has 1 aromatic heterocycles. The minimum absolute atomic E-state index is 0.111. The highest BCUT2D eigenvalue weighted by atomic mass is 35.5. The fourth-order valence-electron chi connectivity index (χ4n) is 2.02. The number of aliphatic hydroxyl groups excluding tert-OH is 1. The van der Waals surface area contributed by atoms with E-state index in [4.69, 9.17) is 11.6 Å². The van der Waals surface area contributed by atoms with Crippen molar-refractivity contribution < 1.29 is 5.11 Å². The SMILES string of the molecule is CCn1nc(C)c(Cl)c1CC(O)C1(C)CC1. The molecule has 1 N–H and O–H groups in total. The van der Waals surface area contributed by atoms with Gasteiger partial charge in [-0.15, -0.1) is 0 Å². The maximum absolute atomic E-state index is 10.2. The third kappa shape index (κ3) is 1.98. The summed E-state index contributed by atoms with van der Waals surface area (Å²) in [5.74, 6) is 0. The van der Waals surface area contributed by atoms with Crippen LogP contribution in [0, 0.1) is 12.3 Å². The molecule has 1 heterocycles. The van der Waals surface area contributed by atoms with Crippen molar-refractivity contribution in [2.24, 2.45) is 5.41 Å². The van der Waals surface area contributed by atoms with Crippen LogP contribution >= 0.6 is 11.6 Å². The molecule has 1 fully saturated rings. The number of hydrogen-bond donors (Lipinski definition) is 1. The van der Waals surface area contributed by atoms with Crippen molar-refractivity contribution >= 4 is 11.6 Å². The first-order valence-corrected chi connectivity index (χ1v) is 6.25. The standard InChI is InChI=1S/C12H19ClN2O/c1-4-15-9(11(13)8(2)14-15)7-10(16)12(3)5-6-12/h10,16H,4-7H2,1-3H3. The van der Waals surface area contributed by atoms with Crippen LogP contribution in [0.5, 0.6) is 0 Å². The van der Waals surface area contributed by atoms with Gasteiger partial charge in [-0.05, 0) is 32.1 Å². The Labute approximate surface area is 101 Å². The molecule has 1 aliphatic carbocycles. The van der Waals surface area contributed by atoms with Gasteiger partial charge in [-0.3, -0.25) is 4.68 Å². The zero-order valence-electron chi connectivity index (χ0n) is 10.1. The van der Waals surface area contributed by atoms with Crippen LogP contribution in [0.4, 0.5) is 0 Å². The molecule has 1 unspecified atom stereocenters. The first-order chi connectivity index (χ1) is 7.48. The van der Waals surface area contributed by atoms with Crippen LogP contribution < -0.4 is 0 Å². The summed E-state index contributed by atoms with van der Waals surface area (Å²) in [6.07, 6.45) is 2.55. The topological polar surface area (TPSA) is 38.0 Å². The van der Waals surface area contributed by atoms with Gasteiger partial charge in [0.05, 0.1) is 22.5 Å². The van der Waals surface area contributed by atoms with Crippen molar-refractivity contribution in [3.63, 3.8) is 0 Å². The van der Waals surface area contributed by atoms with Crippen LogP contribution in [0.1, 0.15) is 38.1 Å². The van der Waals surface area contributed by atoms with Crippen LogP contribution in [0.25, 0.3) is 0 Å². The van der Waals surface area contributed by atoms with Crippen molar-refractivity contribution in [2.75, 3.05) is 0 Å². The monoisotopic (exact) mass is 242 g/mol. The average molecular weight is 243 g/mol. The number of aliphatic hydroxyl groups is 1. The molecule has 4 heteroatoms. The maximum Gasteiger partial charge on any atom is 0.0848 e. The van der Waals surface area contributed by atoms with E-state index in [9.17, 15) is 5.11 Å². The molecule has 2 rings (SSSR count). The minimum Gasteiger partial charge on any atom is -0.392 e. The molecule has 0 amide bonds. The van der Waals surface area contributed by atoms with E-state index < -0.39 is 0 Å². The molecular formula is C12H19ClN2O. The molecule has 0 bridgehead atoms. The smallest absolute Gasteiger partial charge is 0.0848 e. The highest BCUT2D eigenvalue weighted by Gasteiger charge is 2.44. The molecule has 0 aliphatic heterocycles. The lowest BCUT2D eigenvalue weighted by Crippen LogP contribution is -2.23. The lowest BCUT2D eigenvalue weighted by atomic mass is 9.97. The van der Waals surface area contributed by atoms with Crippen LogP contribution in [-0.4, -0.2) is 21.0 Å². The summed E-state index contributed by atoms with van der Waals surface area (Å²) in [7, 11) is 0. The summed E-state index contributed by atoms with van der Waals surface area (Å²) in [4.78, 5) is 0. The van der Waals surface area contributed by atoms with Gasteiger partial charge in [0.1, 0.15) is 0 Å². The molecule has 0 saturated heterocycles. The average Bonchev–Trinajstić information content (AvgIpc) is 2.95. The number of halogens is 1. The first kappa shape index (κ1) is 11.9. The Kier molecular flexibility index (Phi) is 3.01. The Balaban J connectivity index is 2.19. The Hall–Kier alpha value is -0.540. The van der Waals surface area contributed by atoms with Gasteiger partial charge < -0.3 is 5.11 Å². The Morgan fingerprint density at radius 3 is 2.69 bits per heavy atom. The number of nitrogens with zero attached hydrogens (tertiary/aromatic N) is 2. The third-order valence-corrected chi connectivity index (χ3v) is 4.17. The first-order valence-electron chi connectivity index (χ1n) is 5.88. The molecule has 1 aliphatic rings. The van der Waals surface area contributed by atoms with Gasteiger partial charge in [0.15, 0.2) is 0 Å². The fourth-order valence-corrected chi connectivity index (χ4v) is 2.24. The summed E-state index contributed by atoms with van der Waals surface area (Å²) < 4.78 is 1.90. The van der Waals surface area contributed by atoms with E-state index in [1.165, 1.54) is 0 Å². The molecule has 1 aromatic rings. The van der Waals surface area contributed by atoms with Crippen LogP contribution in [0.3, 0.4) is 0 Å². The van der Waals surface area contributed by atoms with Gasteiger partial charge in [-0.1, -0.05) is 18.5 Å². The van der Waals surface area contributed by atoms with E-state index in [1.807, 2.05) is 18.5 Å². The molecule has 1 atom stereocenters. The van der Waals surface area contributed by atoms with Gasteiger partial charge in [0.2, 0.25) is 0 Å². The quantitative estimate of drug-likeness (QED) is 0.881. The molecule has 0 aromatic carbocycles. The highest BCUT2D eigenvalue weighted by molar-refractivity contribution is 6.31. The second kappa shape index (κ2) is 4.04. The molecule has 0 spiro atoms. The number of hydrogen-bond acceptors (Lipinski definition) is 2. The summed E-state index contributed by atoms with van der Waals surface area (Å²) in [5.41, 5.74) is 1.94. The highest BCUT2D eigenvalue weighted by Crippen LogP contribution is 2.49. The summed E-state index contributed by atoms with van der Waals surface area (Å²) in [6.45, 7) is 6.87. The van der Waals surface area contributed by atoms with E-state index in [0.717, 1.165) is 30.8 Å². The fraction of sp³-hybridized carbons (Fsp3) is 0.750. The maximum atomic E-state index is 10.2. The molecule has 3 nitrogen and oxygen atoms in total. The lowest BCUT2D eigenvalue weighted by molar-refractivity contribution is 0.101. The lowest BCUT2D eigenvalue weighted by Gasteiger charge is -2.18. The van der Waals surface area contributed by atoms with Gasteiger partial charge in [-0.2, -0.15) is 5.10 Å². The summed E-state index contributed by atoms with van der Waals surface area (Å²) in [5, 5.41) is 15.2. The number of aryl methyl sites for hydroxylation is 2. The number of rotatable bonds is 4. The van der Waals surface area contributed by atoms with Crippen LogP contribution in [0.2, 0.25) is 5.02 Å². The molecule has 1 saturated carbocycles. The van der Waals surface area contributed by atoms with Crippen molar-refractivity contribution in [2.45, 2.75) is 52.7 Å². The zero-order valence-corrected chi connectivity index (χ0v) is 10.9. The third-order valence-electron chi connectivity index (χ3n) is 3.68. The van der Waals surface area contributed by atoms with E-state index in [0.29, 0.717) is 11.4 Å². The van der Waals surface area contributed by atoms with E-state index >= 15 is 0 Å². The second-order valence-corrected chi connectivity index (χ2v) is 5.41. The largest absolute Gasteiger partial charge is 0.392 e. The molecular weight excluding hydrogens is 224 g/mol. The predicted octanol–water partition coefficient (Wildman–Crippen LogP) is 2.57. The van der Waals surface area contributed by atoms with Crippen LogP contribution in [0.15, 0.2) is 0 Å². The molecule has 16 heavy (non-hydrogen) atoms. The Morgan fingerprint density at radius 1 is 1.56 bits per heavy atom. The normalized spacial score (nSPS) is 19.8. The van der Waals surface area contributed by atoms with Crippen molar-refractivity contribution in [1.82, 2.24) is 9.78 Å². The summed E-state index contributed by atoms with van der Waals surface area (Å²) >= 11 is 6.21.